The molecule has 2 fully saturated rings. The van der Waals surface area contributed by atoms with Crippen molar-refractivity contribution in [3.63, 3.8) is 0 Å². The van der Waals surface area contributed by atoms with Crippen molar-refractivity contribution in [3.05, 3.63) is 41.7 Å². The zero-order valence-corrected chi connectivity index (χ0v) is 25.6. The third-order valence-electron chi connectivity index (χ3n) is 8.64. The number of hydrogen-bond donors (Lipinski definition) is 5. The lowest BCUT2D eigenvalue weighted by Gasteiger charge is -2.47. The van der Waals surface area contributed by atoms with E-state index < -0.39 is 0 Å². The number of para-hydroxylation sites is 1. The number of benzene rings is 1. The predicted octanol–water partition coefficient (Wildman–Crippen LogP) is 4.15. The van der Waals surface area contributed by atoms with Gasteiger partial charge in [-0.2, -0.15) is 5.26 Å². The zero-order valence-electron chi connectivity index (χ0n) is 25.6. The van der Waals surface area contributed by atoms with E-state index in [-0.39, 0.29) is 24.4 Å². The van der Waals surface area contributed by atoms with E-state index in [9.17, 15) is 14.9 Å². The van der Waals surface area contributed by atoms with Gasteiger partial charge in [-0.3, -0.25) is 9.59 Å². The Labute approximate surface area is 252 Å². The largest absolute Gasteiger partial charge is 0.400 e. The summed E-state index contributed by atoms with van der Waals surface area (Å²) < 4.78 is 0. The number of carbonyl (C=O) groups is 2. The molecule has 7 N–H and O–H groups in total. The minimum Gasteiger partial charge on any atom is -0.400 e. The molecule has 1 aromatic carbocycles. The van der Waals surface area contributed by atoms with E-state index in [1.165, 1.54) is 44.9 Å². The summed E-state index contributed by atoms with van der Waals surface area (Å²) in [4.78, 5) is 25.5. The zero-order chi connectivity index (χ0) is 30.7. The Hall–Kier alpha value is -3.29. The summed E-state index contributed by atoms with van der Waals surface area (Å²) in [5, 5.41) is 24.4. The van der Waals surface area contributed by atoms with Crippen LogP contribution in [0.4, 0.5) is 5.69 Å². The molecule has 1 aliphatic carbocycles. The lowest BCUT2D eigenvalue weighted by Crippen LogP contribution is -2.49. The van der Waals surface area contributed by atoms with E-state index in [0.717, 1.165) is 44.2 Å². The molecule has 1 aromatic rings. The molecule has 234 valence electrons. The summed E-state index contributed by atoms with van der Waals surface area (Å²) in [5.74, 6) is 7.55. The standard InChI is InChI=1S/C31H49N7O2.CH4O/c1-2-3-4-5-6-15-31(40)35-19-26(33)21-38(34)17-16-28(27-13-9-10-14-29(27)36-23-39)30-18-24-11-7-8-12-25(24)20-37(30)22-32;1-2/h9-10,13-14,21,23-25,28,30H,2-8,11-12,15-20,33-34H2,1H3,(H,35,40)(H,36,39);2H,1H3/b26-21-;. The van der Waals surface area contributed by atoms with Crippen molar-refractivity contribution in [3.8, 4) is 6.19 Å². The topological polar surface area (TPSA) is 161 Å². The number of nitrogens with one attached hydrogen (secondary N) is 2. The molecule has 42 heavy (non-hydrogen) atoms. The van der Waals surface area contributed by atoms with Crippen molar-refractivity contribution in [2.45, 2.75) is 95.9 Å². The molecule has 0 aromatic heterocycles. The third kappa shape index (κ3) is 11.2. The Morgan fingerprint density at radius 2 is 1.90 bits per heavy atom. The van der Waals surface area contributed by atoms with Crippen molar-refractivity contribution >= 4 is 18.0 Å². The molecule has 2 aliphatic rings. The van der Waals surface area contributed by atoms with E-state index in [1.54, 1.807) is 11.2 Å². The highest BCUT2D eigenvalue weighted by molar-refractivity contribution is 5.76. The summed E-state index contributed by atoms with van der Waals surface area (Å²) in [6.45, 7) is 3.74. The van der Waals surface area contributed by atoms with Crippen molar-refractivity contribution < 1.29 is 14.7 Å². The van der Waals surface area contributed by atoms with Gasteiger partial charge in [-0.15, -0.1) is 0 Å². The fourth-order valence-corrected chi connectivity index (χ4v) is 6.52. The molecule has 1 aliphatic heterocycles. The molecule has 10 nitrogen and oxygen atoms in total. The van der Waals surface area contributed by atoms with Crippen molar-refractivity contribution in [2.24, 2.45) is 23.4 Å². The highest BCUT2D eigenvalue weighted by Crippen LogP contribution is 2.44. The van der Waals surface area contributed by atoms with E-state index in [4.69, 9.17) is 16.7 Å². The van der Waals surface area contributed by atoms with Crippen LogP contribution < -0.4 is 22.2 Å². The van der Waals surface area contributed by atoms with Crippen LogP contribution in [-0.2, 0) is 9.59 Å². The van der Waals surface area contributed by atoms with Crippen LogP contribution in [0.15, 0.2) is 36.2 Å². The van der Waals surface area contributed by atoms with Crippen molar-refractivity contribution in [1.82, 2.24) is 15.2 Å². The van der Waals surface area contributed by atoms with Gasteiger partial charge in [0.25, 0.3) is 0 Å². The van der Waals surface area contributed by atoms with Gasteiger partial charge >= 0.3 is 0 Å². The normalized spacial score (nSPS) is 20.7. The van der Waals surface area contributed by atoms with Crippen LogP contribution in [0.5, 0.6) is 0 Å². The monoisotopic (exact) mass is 583 g/mol. The Kier molecular flexibility index (Phi) is 16.4. The number of piperidine rings is 1. The molecule has 4 unspecified atom stereocenters. The number of amides is 2. The molecule has 3 rings (SSSR count). The van der Waals surface area contributed by atoms with Gasteiger partial charge < -0.3 is 31.4 Å². The lowest BCUT2D eigenvalue weighted by atomic mass is 9.69. The SMILES string of the molecule is CCCCCCCC(=O)NC/C(N)=C/N(N)CCC(c1ccccc1NC=O)C1CC2CCCCC2CN1C#N.CO. The number of hydrogen-bond acceptors (Lipinski definition) is 8. The van der Waals surface area contributed by atoms with Crippen LogP contribution in [0.3, 0.4) is 0 Å². The van der Waals surface area contributed by atoms with E-state index in [2.05, 4.69) is 23.8 Å². The first kappa shape index (κ1) is 34.9. The van der Waals surface area contributed by atoms with Crippen LogP contribution >= 0.6 is 0 Å². The molecule has 10 heteroatoms. The molecule has 4 atom stereocenters. The van der Waals surface area contributed by atoms with Gasteiger partial charge in [-0.25, -0.2) is 5.84 Å². The molecular weight excluding hydrogens is 530 g/mol. The number of likely N-dealkylation sites (tertiary alicyclic amines) is 1. The van der Waals surface area contributed by atoms with Crippen LogP contribution in [0.1, 0.15) is 95.5 Å². The van der Waals surface area contributed by atoms with Crippen LogP contribution in [0.2, 0.25) is 0 Å². The summed E-state index contributed by atoms with van der Waals surface area (Å²) in [6.07, 6.45) is 17.5. The van der Waals surface area contributed by atoms with E-state index in [0.29, 0.717) is 43.3 Å². The highest BCUT2D eigenvalue weighted by Gasteiger charge is 2.40. The summed E-state index contributed by atoms with van der Waals surface area (Å²) in [7, 11) is 1.00. The number of aliphatic hydroxyl groups is 1. The number of fused-ring (bicyclic) bond motifs is 1. The number of rotatable bonds is 16. The Bertz CT molecular complexity index is 1010. The first-order valence-electron chi connectivity index (χ1n) is 15.6. The molecule has 1 saturated carbocycles. The fraction of sp³-hybridized carbons (Fsp3) is 0.656. The lowest BCUT2D eigenvalue weighted by molar-refractivity contribution is -0.121. The smallest absolute Gasteiger partial charge is 0.220 e. The van der Waals surface area contributed by atoms with Gasteiger partial charge in [0, 0.05) is 56.2 Å². The minimum absolute atomic E-state index is 0.000683. The number of nitrogens with two attached hydrogens (primary N) is 2. The second-order valence-corrected chi connectivity index (χ2v) is 11.5. The van der Waals surface area contributed by atoms with Gasteiger partial charge in [-0.1, -0.05) is 70.1 Å². The Morgan fingerprint density at radius 1 is 1.19 bits per heavy atom. The van der Waals surface area contributed by atoms with Crippen LogP contribution in [0, 0.1) is 23.3 Å². The number of aliphatic hydroxyl groups excluding tert-OH is 1. The Morgan fingerprint density at radius 3 is 2.62 bits per heavy atom. The Balaban J connectivity index is 0.00000301. The van der Waals surface area contributed by atoms with Gasteiger partial charge in [-0.05, 0) is 49.1 Å². The van der Waals surface area contributed by atoms with E-state index in [1.807, 2.05) is 29.2 Å². The molecule has 0 bridgehead atoms. The average Bonchev–Trinajstić information content (AvgIpc) is 3.01. The molecule has 2 amide bonds. The third-order valence-corrected chi connectivity index (χ3v) is 8.64. The predicted molar refractivity (Wildman–Crippen MR) is 167 cm³/mol. The molecule has 0 spiro atoms. The second kappa shape index (κ2) is 19.8. The first-order valence-corrected chi connectivity index (χ1v) is 15.6. The molecule has 0 radical (unpaired) electrons. The fourth-order valence-electron chi connectivity index (χ4n) is 6.52. The van der Waals surface area contributed by atoms with Gasteiger partial charge in [0.2, 0.25) is 12.3 Å². The quantitative estimate of drug-likeness (QED) is 0.0638. The van der Waals surface area contributed by atoms with Gasteiger partial charge in [0.15, 0.2) is 6.19 Å². The summed E-state index contributed by atoms with van der Waals surface area (Å²) in [6, 6.07) is 7.87. The van der Waals surface area contributed by atoms with Crippen LogP contribution in [-0.4, -0.2) is 60.1 Å². The maximum absolute atomic E-state index is 12.2. The maximum Gasteiger partial charge on any atom is 0.220 e. The number of nitriles is 1. The second-order valence-electron chi connectivity index (χ2n) is 11.5. The molecular formula is C32H53N7O3. The number of nitrogens with zero attached hydrogens (tertiary/aromatic N) is 3. The van der Waals surface area contributed by atoms with Gasteiger partial charge in [0.1, 0.15) is 0 Å². The molecule has 1 saturated heterocycles. The van der Waals surface area contributed by atoms with Crippen LogP contribution in [0.25, 0.3) is 0 Å². The number of anilines is 1. The van der Waals surface area contributed by atoms with Gasteiger partial charge in [0.05, 0.1) is 6.54 Å². The number of unbranched alkanes of at least 4 members (excludes halogenated alkanes) is 4. The highest BCUT2D eigenvalue weighted by atomic mass is 16.2. The first-order chi connectivity index (χ1) is 20.5. The average molecular weight is 584 g/mol. The minimum atomic E-state index is -0.000683. The molecule has 1 heterocycles. The van der Waals surface area contributed by atoms with Crippen molar-refractivity contribution in [1.29, 1.82) is 5.26 Å². The summed E-state index contributed by atoms with van der Waals surface area (Å²) >= 11 is 0. The summed E-state index contributed by atoms with van der Waals surface area (Å²) in [5.41, 5.74) is 8.46. The van der Waals surface area contributed by atoms with Crippen molar-refractivity contribution in [2.75, 3.05) is 32.1 Å². The number of carbonyl (C=O) groups excluding carboxylic acids is 2. The maximum atomic E-state index is 12.2. The van der Waals surface area contributed by atoms with E-state index >= 15 is 0 Å². The number of hydrazine groups is 1.